The predicted octanol–water partition coefficient (Wildman–Crippen LogP) is 5.48. The summed E-state index contributed by atoms with van der Waals surface area (Å²) in [7, 11) is 0. The fourth-order valence-electron chi connectivity index (χ4n) is 2.82. The van der Waals surface area contributed by atoms with Gasteiger partial charge in [0.15, 0.2) is 11.0 Å². The number of rotatable bonds is 10. The number of amides is 2. The Morgan fingerprint density at radius 1 is 1.09 bits per heavy atom. The third-order valence-corrected chi connectivity index (χ3v) is 6.07. The molecule has 0 aliphatic carbocycles. The highest BCUT2D eigenvalue weighted by atomic mass is 35.5. The molecule has 1 aromatic heterocycles. The summed E-state index contributed by atoms with van der Waals surface area (Å²) in [4.78, 5) is 24.6. The van der Waals surface area contributed by atoms with Crippen molar-refractivity contribution >= 4 is 70.1 Å². The van der Waals surface area contributed by atoms with Crippen molar-refractivity contribution < 1.29 is 9.59 Å². The maximum atomic E-state index is 12.3. The van der Waals surface area contributed by atoms with Crippen LogP contribution in [0.25, 0.3) is 6.08 Å². The Labute approximate surface area is 216 Å². The number of benzene rings is 2. The molecule has 0 atom stereocenters. The Balaban J connectivity index is 1.58. The topological polar surface area (TPSA) is 88.9 Å². The van der Waals surface area contributed by atoms with Crippen molar-refractivity contribution in [2.24, 2.45) is 0 Å². The molecular weight excluding hydrogens is 517 g/mol. The van der Waals surface area contributed by atoms with Gasteiger partial charge in [-0.25, -0.2) is 0 Å². The second-order valence-corrected chi connectivity index (χ2v) is 9.09. The van der Waals surface area contributed by atoms with E-state index in [1.807, 2.05) is 18.2 Å². The van der Waals surface area contributed by atoms with Crippen LogP contribution in [0.5, 0.6) is 0 Å². The zero-order valence-electron chi connectivity index (χ0n) is 17.8. The van der Waals surface area contributed by atoms with E-state index in [2.05, 4.69) is 27.4 Å². The summed E-state index contributed by atoms with van der Waals surface area (Å²) in [6.07, 6.45) is 4.72. The van der Waals surface area contributed by atoms with Crippen molar-refractivity contribution in [2.45, 2.75) is 18.2 Å². The molecule has 0 fully saturated rings. The second kappa shape index (κ2) is 12.6. The predicted molar refractivity (Wildman–Crippen MR) is 138 cm³/mol. The lowest BCUT2D eigenvalue weighted by atomic mass is 10.2. The molecule has 11 heteroatoms. The third kappa shape index (κ3) is 7.63. The maximum absolute atomic E-state index is 12.3. The van der Waals surface area contributed by atoms with Crippen molar-refractivity contribution in [3.8, 4) is 0 Å². The molecule has 0 bridgehead atoms. The number of thioether (sulfide) groups is 1. The fourth-order valence-corrected chi connectivity index (χ4v) is 4.31. The minimum absolute atomic E-state index is 0.0896. The van der Waals surface area contributed by atoms with Crippen molar-refractivity contribution in [3.05, 3.63) is 87.7 Å². The summed E-state index contributed by atoms with van der Waals surface area (Å²) in [5, 5.41) is 15.7. The van der Waals surface area contributed by atoms with Crippen molar-refractivity contribution in [1.29, 1.82) is 0 Å². The van der Waals surface area contributed by atoms with Gasteiger partial charge in [0.25, 0.3) is 0 Å². The molecule has 2 aromatic carbocycles. The molecule has 2 amide bonds. The van der Waals surface area contributed by atoms with Crippen molar-refractivity contribution in [1.82, 2.24) is 20.1 Å². The van der Waals surface area contributed by atoms with Crippen LogP contribution in [0.3, 0.4) is 0 Å². The third-order valence-electron chi connectivity index (χ3n) is 4.32. The lowest BCUT2D eigenvalue weighted by Gasteiger charge is -2.09. The molecule has 0 aliphatic heterocycles. The normalized spacial score (nSPS) is 10.9. The smallest absolute Gasteiger partial charge is 0.244 e. The summed E-state index contributed by atoms with van der Waals surface area (Å²) >= 11 is 19.2. The summed E-state index contributed by atoms with van der Waals surface area (Å²) in [6, 6.07) is 12.0. The van der Waals surface area contributed by atoms with Crippen LogP contribution < -0.4 is 10.6 Å². The summed E-state index contributed by atoms with van der Waals surface area (Å²) in [6.45, 7) is 4.32. The molecular formula is C23H20Cl3N5O2S. The first kappa shape index (κ1) is 25.8. The molecule has 0 saturated heterocycles. The molecule has 0 unspecified atom stereocenters. The van der Waals surface area contributed by atoms with Gasteiger partial charge < -0.3 is 15.2 Å². The first-order valence-corrected chi connectivity index (χ1v) is 12.1. The molecule has 7 nitrogen and oxygen atoms in total. The Hall–Kier alpha value is -2.78. The highest BCUT2D eigenvalue weighted by Gasteiger charge is 2.14. The monoisotopic (exact) mass is 535 g/mol. The van der Waals surface area contributed by atoms with Gasteiger partial charge in [-0.3, -0.25) is 9.59 Å². The van der Waals surface area contributed by atoms with Gasteiger partial charge in [0.1, 0.15) is 0 Å². The zero-order chi connectivity index (χ0) is 24.5. The highest BCUT2D eigenvalue weighted by Crippen LogP contribution is 2.23. The summed E-state index contributed by atoms with van der Waals surface area (Å²) in [5.74, 6) is 0.0635. The molecule has 0 saturated carbocycles. The molecule has 176 valence electrons. The molecule has 3 aromatic rings. The fraction of sp³-hybridized carbons (Fsp3) is 0.130. The number of anilines is 1. The minimum atomic E-state index is -0.304. The number of halogens is 3. The average molecular weight is 537 g/mol. The van der Waals surface area contributed by atoms with Crippen molar-refractivity contribution in [2.75, 3.05) is 11.1 Å². The van der Waals surface area contributed by atoms with Crippen LogP contribution in [0.15, 0.2) is 66.4 Å². The van der Waals surface area contributed by atoms with E-state index in [9.17, 15) is 9.59 Å². The largest absolute Gasteiger partial charge is 0.345 e. The molecule has 2 N–H and O–H groups in total. The van der Waals surface area contributed by atoms with Gasteiger partial charge in [0.2, 0.25) is 11.8 Å². The van der Waals surface area contributed by atoms with E-state index >= 15 is 0 Å². The van der Waals surface area contributed by atoms with Gasteiger partial charge in [0, 0.05) is 33.4 Å². The van der Waals surface area contributed by atoms with Gasteiger partial charge in [-0.05, 0) is 35.9 Å². The molecule has 0 radical (unpaired) electrons. The zero-order valence-corrected chi connectivity index (χ0v) is 20.9. The van der Waals surface area contributed by atoms with Crippen LogP contribution in [-0.4, -0.2) is 32.3 Å². The van der Waals surface area contributed by atoms with E-state index in [0.29, 0.717) is 38.3 Å². The lowest BCUT2D eigenvalue weighted by Crippen LogP contribution is -2.23. The number of carbonyl (C=O) groups excluding carboxylic acids is 2. The van der Waals surface area contributed by atoms with E-state index in [4.69, 9.17) is 34.8 Å². The molecule has 0 aliphatic rings. The van der Waals surface area contributed by atoms with Gasteiger partial charge in [-0.15, -0.1) is 16.8 Å². The van der Waals surface area contributed by atoms with Gasteiger partial charge >= 0.3 is 0 Å². The number of hydrogen-bond acceptors (Lipinski definition) is 5. The number of aromatic nitrogens is 3. The Morgan fingerprint density at radius 3 is 2.53 bits per heavy atom. The Kier molecular flexibility index (Phi) is 9.59. The molecule has 34 heavy (non-hydrogen) atoms. The molecule has 1 heterocycles. The van der Waals surface area contributed by atoms with Crippen LogP contribution in [0.1, 0.15) is 11.4 Å². The minimum Gasteiger partial charge on any atom is -0.345 e. The number of carbonyl (C=O) groups is 2. The molecule has 0 spiro atoms. The quantitative estimate of drug-likeness (QED) is 0.203. The molecule has 3 rings (SSSR count). The summed E-state index contributed by atoms with van der Waals surface area (Å²) in [5.41, 5.74) is 1.25. The van der Waals surface area contributed by atoms with Crippen molar-refractivity contribution in [3.63, 3.8) is 0 Å². The maximum Gasteiger partial charge on any atom is 0.244 e. The Bertz CT molecular complexity index is 1210. The van der Waals surface area contributed by atoms with Crippen LogP contribution >= 0.6 is 46.6 Å². The van der Waals surface area contributed by atoms with Gasteiger partial charge in [-0.1, -0.05) is 70.8 Å². The van der Waals surface area contributed by atoms with Crippen LogP contribution in [0.4, 0.5) is 5.69 Å². The van der Waals surface area contributed by atoms with Crippen LogP contribution in [0.2, 0.25) is 15.1 Å². The second-order valence-electron chi connectivity index (χ2n) is 6.87. The SMILES string of the molecule is C=CCn1c(CNC(=O)C=Cc2ccccc2Cl)nnc1SCC(=O)Nc1cc(Cl)cc(Cl)c1. The van der Waals surface area contributed by atoms with Gasteiger partial charge in [-0.2, -0.15) is 0 Å². The summed E-state index contributed by atoms with van der Waals surface area (Å²) < 4.78 is 1.78. The van der Waals surface area contributed by atoms with Gasteiger partial charge in [0.05, 0.1) is 12.3 Å². The average Bonchev–Trinajstić information content (AvgIpc) is 3.17. The number of nitrogens with zero attached hydrogens (tertiary/aromatic N) is 3. The number of nitrogens with one attached hydrogen (secondary N) is 2. The lowest BCUT2D eigenvalue weighted by molar-refractivity contribution is -0.116. The first-order valence-electron chi connectivity index (χ1n) is 9.98. The number of allylic oxidation sites excluding steroid dienone is 1. The Morgan fingerprint density at radius 2 is 1.82 bits per heavy atom. The van der Waals surface area contributed by atoms with Crippen LogP contribution in [0, 0.1) is 0 Å². The van der Waals surface area contributed by atoms with Crippen LogP contribution in [-0.2, 0) is 22.7 Å². The standard InChI is InChI=1S/C23H20Cl3N5O2S/c1-2-9-31-20(13-27-21(32)8-7-15-5-3-4-6-19(15)26)29-30-23(31)34-14-22(33)28-18-11-16(24)10-17(25)12-18/h2-8,10-12H,1,9,13-14H2,(H,27,32)(H,28,33). The van der Waals surface area contributed by atoms with E-state index in [-0.39, 0.29) is 24.1 Å². The first-order chi connectivity index (χ1) is 16.4. The van der Waals surface area contributed by atoms with E-state index in [0.717, 1.165) is 5.56 Å². The number of hydrogen-bond donors (Lipinski definition) is 2. The highest BCUT2D eigenvalue weighted by molar-refractivity contribution is 7.99. The van der Waals surface area contributed by atoms with E-state index in [1.165, 1.54) is 17.8 Å². The van der Waals surface area contributed by atoms with E-state index in [1.54, 1.807) is 41.0 Å². The van der Waals surface area contributed by atoms with E-state index < -0.39 is 0 Å².